The Bertz CT molecular complexity index is 320. The quantitative estimate of drug-likeness (QED) is 0.656. The van der Waals surface area contributed by atoms with Gasteiger partial charge in [0, 0.05) is 6.04 Å². The first-order valence-electron chi connectivity index (χ1n) is 7.82. The van der Waals surface area contributed by atoms with Crippen LogP contribution in [0.15, 0.2) is 0 Å². The Kier molecular flexibility index (Phi) is 7.41. The lowest BCUT2D eigenvalue weighted by Gasteiger charge is -2.19. The van der Waals surface area contributed by atoms with Crippen LogP contribution in [0.1, 0.15) is 65.2 Å². The molecule has 1 aliphatic carbocycles. The van der Waals surface area contributed by atoms with Crippen molar-refractivity contribution >= 4 is 12.0 Å². The van der Waals surface area contributed by atoms with E-state index in [2.05, 4.69) is 17.6 Å². The summed E-state index contributed by atoms with van der Waals surface area (Å²) in [4.78, 5) is 23.0. The molecule has 1 rings (SSSR count). The second kappa shape index (κ2) is 8.82. The van der Waals surface area contributed by atoms with Crippen LogP contribution in [0, 0.1) is 5.92 Å². The Morgan fingerprint density at radius 1 is 1.25 bits per heavy atom. The maximum Gasteiger partial charge on any atom is 0.326 e. The molecule has 0 heterocycles. The van der Waals surface area contributed by atoms with Crippen LogP contribution in [0.25, 0.3) is 0 Å². The van der Waals surface area contributed by atoms with Crippen molar-refractivity contribution in [2.24, 2.45) is 5.92 Å². The third-order valence-electron chi connectivity index (χ3n) is 4.04. The van der Waals surface area contributed by atoms with E-state index in [0.717, 1.165) is 44.4 Å². The Morgan fingerprint density at radius 3 is 2.65 bits per heavy atom. The number of urea groups is 1. The van der Waals surface area contributed by atoms with Gasteiger partial charge >= 0.3 is 12.0 Å². The van der Waals surface area contributed by atoms with Crippen molar-refractivity contribution in [1.82, 2.24) is 10.6 Å². The molecule has 116 valence electrons. The minimum absolute atomic E-state index is 0.181. The van der Waals surface area contributed by atoms with Gasteiger partial charge in [0.1, 0.15) is 6.04 Å². The molecule has 0 saturated heterocycles. The van der Waals surface area contributed by atoms with Crippen molar-refractivity contribution in [3.8, 4) is 0 Å². The van der Waals surface area contributed by atoms with Gasteiger partial charge < -0.3 is 15.7 Å². The van der Waals surface area contributed by atoms with Gasteiger partial charge in [0.05, 0.1) is 0 Å². The number of carboxylic acid groups (broad SMARTS) is 1. The van der Waals surface area contributed by atoms with Crippen molar-refractivity contribution in [3.63, 3.8) is 0 Å². The summed E-state index contributed by atoms with van der Waals surface area (Å²) >= 11 is 0. The summed E-state index contributed by atoms with van der Waals surface area (Å²) in [5.41, 5.74) is 0. The van der Waals surface area contributed by atoms with E-state index in [0.29, 0.717) is 6.42 Å². The van der Waals surface area contributed by atoms with E-state index >= 15 is 0 Å². The monoisotopic (exact) mass is 284 g/mol. The largest absolute Gasteiger partial charge is 0.480 e. The number of rotatable bonds is 6. The van der Waals surface area contributed by atoms with Crippen molar-refractivity contribution in [2.75, 3.05) is 0 Å². The minimum atomic E-state index is -0.955. The molecule has 0 spiro atoms. The van der Waals surface area contributed by atoms with Crippen LogP contribution < -0.4 is 10.6 Å². The van der Waals surface area contributed by atoms with Gasteiger partial charge in [-0.25, -0.2) is 9.59 Å². The van der Waals surface area contributed by atoms with Crippen molar-refractivity contribution in [3.05, 3.63) is 0 Å². The average molecular weight is 284 g/mol. The summed E-state index contributed by atoms with van der Waals surface area (Å²) in [6.07, 6.45) is 7.67. The summed E-state index contributed by atoms with van der Waals surface area (Å²) < 4.78 is 0. The Hall–Kier alpha value is -1.26. The first kappa shape index (κ1) is 16.8. The zero-order valence-electron chi connectivity index (χ0n) is 12.7. The highest BCUT2D eigenvalue weighted by Crippen LogP contribution is 2.22. The van der Waals surface area contributed by atoms with E-state index in [1.54, 1.807) is 0 Å². The standard InChI is InChI=1S/C15H28N2O3/c1-3-4-8-13(14(18)19)17-15(20)16-12-7-5-6-11(2)9-10-12/h11-13H,3-10H2,1-2H3,(H,18,19)(H2,16,17,20)/t11?,12?,13-/m0/s1. The van der Waals surface area contributed by atoms with E-state index in [-0.39, 0.29) is 12.1 Å². The Labute approximate surface area is 121 Å². The molecule has 0 radical (unpaired) electrons. The normalized spacial score (nSPS) is 24.5. The second-order valence-electron chi connectivity index (χ2n) is 5.96. The molecule has 2 unspecified atom stereocenters. The number of aliphatic carboxylic acids is 1. The lowest BCUT2D eigenvalue weighted by atomic mass is 10.0. The summed E-state index contributed by atoms with van der Waals surface area (Å²) in [5, 5.41) is 14.6. The van der Waals surface area contributed by atoms with Crippen LogP contribution in [-0.4, -0.2) is 29.2 Å². The molecule has 1 aliphatic rings. The molecular weight excluding hydrogens is 256 g/mol. The third kappa shape index (κ3) is 6.26. The predicted octanol–water partition coefficient (Wildman–Crippen LogP) is 2.90. The van der Waals surface area contributed by atoms with Gasteiger partial charge in [-0.05, 0) is 31.6 Å². The zero-order chi connectivity index (χ0) is 15.0. The highest BCUT2D eigenvalue weighted by atomic mass is 16.4. The number of hydrogen-bond donors (Lipinski definition) is 3. The Balaban J connectivity index is 2.38. The van der Waals surface area contributed by atoms with Crippen LogP contribution in [0.4, 0.5) is 4.79 Å². The maximum atomic E-state index is 11.9. The number of unbranched alkanes of at least 4 members (excludes halogenated alkanes) is 1. The molecule has 3 N–H and O–H groups in total. The van der Waals surface area contributed by atoms with Gasteiger partial charge in [0.25, 0.3) is 0 Å². The molecule has 3 atom stereocenters. The maximum absolute atomic E-state index is 11.9. The fourth-order valence-electron chi connectivity index (χ4n) is 2.68. The van der Waals surface area contributed by atoms with Crippen LogP contribution in [0.2, 0.25) is 0 Å². The molecule has 20 heavy (non-hydrogen) atoms. The van der Waals surface area contributed by atoms with Crippen molar-refractivity contribution in [1.29, 1.82) is 0 Å². The highest BCUT2D eigenvalue weighted by molar-refractivity contribution is 5.82. The fourth-order valence-corrected chi connectivity index (χ4v) is 2.68. The summed E-state index contributed by atoms with van der Waals surface area (Å²) in [6, 6.07) is -0.937. The third-order valence-corrected chi connectivity index (χ3v) is 4.04. The molecule has 0 aliphatic heterocycles. The SMILES string of the molecule is CCCC[C@H](NC(=O)NC1CCCC(C)CC1)C(=O)O. The van der Waals surface area contributed by atoms with Gasteiger partial charge in [-0.15, -0.1) is 0 Å². The summed E-state index contributed by atoms with van der Waals surface area (Å²) in [5.74, 6) is -0.232. The van der Waals surface area contributed by atoms with Gasteiger partial charge in [0.2, 0.25) is 0 Å². The number of hydrogen-bond acceptors (Lipinski definition) is 2. The smallest absolute Gasteiger partial charge is 0.326 e. The van der Waals surface area contributed by atoms with Crippen LogP contribution in [0.5, 0.6) is 0 Å². The van der Waals surface area contributed by atoms with Crippen LogP contribution in [-0.2, 0) is 4.79 Å². The van der Waals surface area contributed by atoms with E-state index in [4.69, 9.17) is 5.11 Å². The molecule has 2 amide bonds. The molecule has 0 aromatic rings. The molecule has 1 fully saturated rings. The molecule has 1 saturated carbocycles. The molecule has 0 aromatic carbocycles. The highest BCUT2D eigenvalue weighted by Gasteiger charge is 2.22. The van der Waals surface area contributed by atoms with Gasteiger partial charge in [0.15, 0.2) is 0 Å². The topological polar surface area (TPSA) is 78.4 Å². The average Bonchev–Trinajstić information content (AvgIpc) is 2.59. The minimum Gasteiger partial charge on any atom is -0.480 e. The van der Waals surface area contributed by atoms with Gasteiger partial charge in [-0.3, -0.25) is 0 Å². The molecule has 5 heteroatoms. The van der Waals surface area contributed by atoms with E-state index in [1.807, 2.05) is 6.92 Å². The van der Waals surface area contributed by atoms with Gasteiger partial charge in [-0.1, -0.05) is 39.5 Å². The first-order chi connectivity index (χ1) is 9.52. The fraction of sp³-hybridized carbons (Fsp3) is 0.867. The number of nitrogens with one attached hydrogen (secondary N) is 2. The van der Waals surface area contributed by atoms with E-state index < -0.39 is 12.0 Å². The molecule has 5 nitrogen and oxygen atoms in total. The first-order valence-corrected chi connectivity index (χ1v) is 7.82. The van der Waals surface area contributed by atoms with Crippen molar-refractivity contribution in [2.45, 2.75) is 77.3 Å². The number of carboxylic acids is 1. The number of amides is 2. The predicted molar refractivity (Wildman–Crippen MR) is 78.7 cm³/mol. The van der Waals surface area contributed by atoms with E-state index in [1.165, 1.54) is 6.42 Å². The molecule has 0 bridgehead atoms. The lowest BCUT2D eigenvalue weighted by Crippen LogP contribution is -2.48. The lowest BCUT2D eigenvalue weighted by molar-refractivity contribution is -0.139. The summed E-state index contributed by atoms with van der Waals surface area (Å²) in [6.45, 7) is 4.25. The summed E-state index contributed by atoms with van der Waals surface area (Å²) in [7, 11) is 0. The zero-order valence-corrected chi connectivity index (χ0v) is 12.7. The number of carbonyl (C=O) groups excluding carboxylic acids is 1. The van der Waals surface area contributed by atoms with Crippen molar-refractivity contribution < 1.29 is 14.7 Å². The second-order valence-corrected chi connectivity index (χ2v) is 5.96. The molecular formula is C15H28N2O3. The van der Waals surface area contributed by atoms with Gasteiger partial charge in [-0.2, -0.15) is 0 Å². The van der Waals surface area contributed by atoms with Crippen LogP contribution >= 0.6 is 0 Å². The molecule has 0 aromatic heterocycles. The van der Waals surface area contributed by atoms with Crippen LogP contribution in [0.3, 0.4) is 0 Å². The Morgan fingerprint density at radius 2 is 2.00 bits per heavy atom. The number of carbonyl (C=O) groups is 2. The van der Waals surface area contributed by atoms with E-state index in [9.17, 15) is 9.59 Å².